The number of benzene rings is 2. The summed E-state index contributed by atoms with van der Waals surface area (Å²) in [4.78, 5) is 45.2. The van der Waals surface area contributed by atoms with Gasteiger partial charge in [0.15, 0.2) is 5.65 Å². The molecule has 2 aromatic heterocycles. The number of carboxylic acid groups (broad SMARTS) is 2. The van der Waals surface area contributed by atoms with Crippen LogP contribution in [-0.4, -0.2) is 96.9 Å². The van der Waals surface area contributed by atoms with Gasteiger partial charge in [-0.3, -0.25) is 19.3 Å². The zero-order valence-electron chi connectivity index (χ0n) is 29.0. The first-order chi connectivity index (χ1) is 23.3. The first-order valence-electron chi connectivity index (χ1n) is 16.6. The van der Waals surface area contributed by atoms with E-state index in [1.807, 2.05) is 68.4 Å². The summed E-state index contributed by atoms with van der Waals surface area (Å²) in [5, 5.41) is 23.8. The molecule has 2 aromatic carbocycles. The van der Waals surface area contributed by atoms with E-state index in [9.17, 15) is 4.79 Å². The summed E-state index contributed by atoms with van der Waals surface area (Å²) < 4.78 is 2.08. The van der Waals surface area contributed by atoms with E-state index in [0.717, 1.165) is 86.4 Å². The molecule has 0 atom stereocenters. The van der Waals surface area contributed by atoms with Gasteiger partial charge in [-0.2, -0.15) is 5.10 Å². The van der Waals surface area contributed by atoms with Gasteiger partial charge in [0.1, 0.15) is 17.8 Å². The number of rotatable bonds is 6. The van der Waals surface area contributed by atoms with Crippen molar-refractivity contribution >= 4 is 40.4 Å². The lowest BCUT2D eigenvalue weighted by molar-refractivity contribution is -0.135. The molecule has 5 N–H and O–H groups in total. The fourth-order valence-electron chi connectivity index (χ4n) is 6.29. The summed E-state index contributed by atoms with van der Waals surface area (Å²) in [6.07, 6.45) is 6.00. The minimum absolute atomic E-state index is 0.0593. The Hall–Kier alpha value is -4.88. The van der Waals surface area contributed by atoms with Crippen molar-refractivity contribution in [3.05, 3.63) is 66.5 Å². The molecule has 49 heavy (non-hydrogen) atoms. The summed E-state index contributed by atoms with van der Waals surface area (Å²) in [6.45, 7) is 10.7. The number of carbonyl (C=O) groups excluding carboxylic acids is 1. The second-order valence-electron chi connectivity index (χ2n) is 13.1. The molecule has 13 nitrogen and oxygen atoms in total. The third-order valence-electron chi connectivity index (χ3n) is 9.06. The number of amides is 1. The topological polar surface area (TPSA) is 180 Å². The van der Waals surface area contributed by atoms with Crippen molar-refractivity contribution in [2.75, 3.05) is 44.3 Å². The summed E-state index contributed by atoms with van der Waals surface area (Å²) in [5.41, 5.74) is 9.92. The Morgan fingerprint density at radius 2 is 1.39 bits per heavy atom. The molecule has 1 aliphatic carbocycles. The predicted octanol–water partition coefficient (Wildman–Crippen LogP) is 4.90. The quantitative estimate of drug-likeness (QED) is 0.219. The normalized spacial score (nSPS) is 18.4. The van der Waals surface area contributed by atoms with Crippen LogP contribution in [0.4, 0.5) is 11.5 Å². The van der Waals surface area contributed by atoms with E-state index in [2.05, 4.69) is 36.8 Å². The molecule has 0 bridgehead atoms. The molecule has 1 aliphatic heterocycles. The maximum Gasteiger partial charge on any atom is 0.300 e. The second kappa shape index (κ2) is 16.5. The highest BCUT2D eigenvalue weighted by atomic mass is 16.4. The van der Waals surface area contributed by atoms with Gasteiger partial charge in [0.25, 0.3) is 11.9 Å². The molecule has 0 spiro atoms. The van der Waals surface area contributed by atoms with E-state index in [1.54, 1.807) is 0 Å². The number of nitrogen functional groups attached to an aromatic ring is 1. The zero-order chi connectivity index (χ0) is 35.7. The van der Waals surface area contributed by atoms with Crippen LogP contribution in [0.3, 0.4) is 0 Å². The van der Waals surface area contributed by atoms with Gasteiger partial charge in [-0.1, -0.05) is 42.5 Å². The number of aromatic nitrogens is 4. The first kappa shape index (κ1) is 36.9. The van der Waals surface area contributed by atoms with Crippen LogP contribution in [0.15, 0.2) is 60.9 Å². The second-order valence-corrected chi connectivity index (χ2v) is 13.1. The number of hydrogen-bond acceptors (Lipinski definition) is 9. The van der Waals surface area contributed by atoms with Gasteiger partial charge in [-0.05, 0) is 64.3 Å². The van der Waals surface area contributed by atoms with E-state index in [1.165, 1.54) is 19.2 Å². The van der Waals surface area contributed by atoms with E-state index < -0.39 is 17.4 Å². The smallest absolute Gasteiger partial charge is 0.300 e. The molecule has 0 radical (unpaired) electrons. The SMILES string of the molecule is CC(=O)O.CC(=O)O.CN1CCN(C2CCC(n3nc(-c4ccc(NC(=O)C(C)(C)c5ccccc5)cc4)c4c(N)ncnc43)CC2)CC1. The Kier molecular flexibility index (Phi) is 12.4. The Morgan fingerprint density at radius 1 is 0.837 bits per heavy atom. The highest BCUT2D eigenvalue weighted by Gasteiger charge is 2.31. The fraction of sp³-hybridized carbons (Fsp3) is 0.444. The molecule has 262 valence electrons. The minimum Gasteiger partial charge on any atom is -0.481 e. The van der Waals surface area contributed by atoms with E-state index >= 15 is 0 Å². The van der Waals surface area contributed by atoms with Gasteiger partial charge < -0.3 is 26.2 Å². The van der Waals surface area contributed by atoms with Crippen LogP contribution < -0.4 is 11.1 Å². The Bertz CT molecular complexity index is 1690. The minimum atomic E-state index is -0.833. The fourth-order valence-corrected chi connectivity index (χ4v) is 6.29. The molecule has 2 fully saturated rings. The number of carbonyl (C=O) groups is 3. The van der Waals surface area contributed by atoms with E-state index in [0.29, 0.717) is 11.9 Å². The number of likely N-dealkylation sites (N-methyl/N-ethyl adjacent to an activating group) is 1. The average Bonchev–Trinajstić information content (AvgIpc) is 3.46. The number of fused-ring (bicyclic) bond motifs is 1. The average molecular weight is 673 g/mol. The van der Waals surface area contributed by atoms with Gasteiger partial charge in [-0.15, -0.1) is 0 Å². The van der Waals surface area contributed by atoms with Gasteiger partial charge in [0, 0.05) is 57.3 Å². The molecular weight excluding hydrogens is 624 g/mol. The first-order valence-corrected chi connectivity index (χ1v) is 16.6. The molecule has 6 rings (SSSR count). The highest BCUT2D eigenvalue weighted by Crippen LogP contribution is 2.37. The number of anilines is 2. The summed E-state index contributed by atoms with van der Waals surface area (Å²) in [5.74, 6) is -1.29. The summed E-state index contributed by atoms with van der Waals surface area (Å²) in [6, 6.07) is 18.6. The lowest BCUT2D eigenvalue weighted by Gasteiger charge is -2.41. The number of nitrogens with zero attached hydrogens (tertiary/aromatic N) is 6. The van der Waals surface area contributed by atoms with Crippen molar-refractivity contribution in [1.29, 1.82) is 0 Å². The van der Waals surface area contributed by atoms with Crippen LogP contribution in [0.2, 0.25) is 0 Å². The highest BCUT2D eigenvalue weighted by molar-refractivity contribution is 6.00. The molecule has 4 aromatic rings. The molecule has 1 saturated heterocycles. The van der Waals surface area contributed by atoms with Gasteiger partial charge in [0.2, 0.25) is 5.91 Å². The predicted molar refractivity (Wildman–Crippen MR) is 190 cm³/mol. The lowest BCUT2D eigenvalue weighted by Crippen LogP contribution is -2.49. The monoisotopic (exact) mass is 672 g/mol. The molecule has 0 unspecified atom stereocenters. The van der Waals surface area contributed by atoms with Crippen LogP contribution in [0.5, 0.6) is 0 Å². The van der Waals surface area contributed by atoms with Crippen molar-refractivity contribution in [1.82, 2.24) is 29.5 Å². The maximum atomic E-state index is 13.2. The zero-order valence-corrected chi connectivity index (χ0v) is 29.0. The van der Waals surface area contributed by atoms with E-state index in [-0.39, 0.29) is 11.9 Å². The standard InChI is InChI=1S/C32H40N8O.2C2H4O2/c1-32(2,23-7-5-4-6-8-23)31(41)36-24-11-9-22(10-12-24)28-27-29(33)34-21-35-30(27)40(37-28)26-15-13-25(14-16-26)39-19-17-38(3)18-20-39;2*1-2(3)4/h4-12,21,25-26H,13-20H2,1-3H3,(H,36,41)(H2,33,34,35);2*1H3,(H,3,4). The Morgan fingerprint density at radius 3 is 1.96 bits per heavy atom. The van der Waals surface area contributed by atoms with Crippen LogP contribution in [-0.2, 0) is 19.8 Å². The number of hydrogen-bond donors (Lipinski definition) is 4. The molecule has 1 saturated carbocycles. The van der Waals surface area contributed by atoms with Crippen molar-refractivity contribution in [2.24, 2.45) is 0 Å². The van der Waals surface area contributed by atoms with Crippen molar-refractivity contribution < 1.29 is 24.6 Å². The number of aliphatic carboxylic acids is 2. The molecular formula is C36H48N8O5. The van der Waals surface area contributed by atoms with Gasteiger partial charge >= 0.3 is 0 Å². The molecule has 2 aliphatic rings. The number of carboxylic acids is 2. The van der Waals surface area contributed by atoms with E-state index in [4.69, 9.17) is 30.6 Å². The third kappa shape index (κ3) is 9.61. The summed E-state index contributed by atoms with van der Waals surface area (Å²) in [7, 11) is 2.21. The van der Waals surface area contributed by atoms with Crippen molar-refractivity contribution in [2.45, 2.75) is 70.9 Å². The number of nitrogens with two attached hydrogens (primary N) is 1. The lowest BCUT2D eigenvalue weighted by atomic mass is 9.83. The Labute approximate surface area is 287 Å². The largest absolute Gasteiger partial charge is 0.481 e. The summed E-state index contributed by atoms with van der Waals surface area (Å²) >= 11 is 0. The molecule has 3 heterocycles. The van der Waals surface area contributed by atoms with Crippen molar-refractivity contribution in [3.8, 4) is 11.3 Å². The number of piperazine rings is 1. The van der Waals surface area contributed by atoms with Crippen LogP contribution in [0.25, 0.3) is 22.3 Å². The third-order valence-corrected chi connectivity index (χ3v) is 9.06. The molecule has 1 amide bonds. The number of nitrogens with one attached hydrogen (secondary N) is 1. The van der Waals surface area contributed by atoms with Crippen LogP contribution in [0.1, 0.15) is 65.0 Å². The Balaban J connectivity index is 0.000000612. The van der Waals surface area contributed by atoms with Gasteiger partial charge in [0.05, 0.1) is 16.8 Å². The van der Waals surface area contributed by atoms with Gasteiger partial charge in [-0.25, -0.2) is 14.6 Å². The van der Waals surface area contributed by atoms with Crippen molar-refractivity contribution in [3.63, 3.8) is 0 Å². The van der Waals surface area contributed by atoms with Crippen LogP contribution >= 0.6 is 0 Å². The maximum absolute atomic E-state index is 13.2. The van der Waals surface area contributed by atoms with Crippen LogP contribution in [0, 0.1) is 0 Å². The molecule has 13 heteroatoms.